The summed E-state index contributed by atoms with van der Waals surface area (Å²) in [5.74, 6) is 0.0571. The Bertz CT molecular complexity index is 262. The van der Waals surface area contributed by atoms with E-state index in [1.807, 2.05) is 0 Å². The minimum absolute atomic E-state index is 0.0571. The molecule has 1 rings (SSSR count). The molecule has 3 nitrogen and oxygen atoms in total. The van der Waals surface area contributed by atoms with Gasteiger partial charge in [0.2, 0.25) is 5.82 Å². The van der Waals surface area contributed by atoms with Gasteiger partial charge in [0, 0.05) is 11.9 Å². The molecule has 0 unspecified atom stereocenters. The number of halogens is 1. The molecule has 0 aliphatic carbocycles. The van der Waals surface area contributed by atoms with Crippen molar-refractivity contribution in [1.82, 2.24) is 9.97 Å². The zero-order chi connectivity index (χ0) is 7.56. The Hall–Kier alpha value is -0.960. The molecule has 0 saturated carbocycles. The number of nitrogens with zero attached hydrogens (tertiary/aromatic N) is 2. The van der Waals surface area contributed by atoms with Crippen molar-refractivity contribution in [3.8, 4) is 0 Å². The molecule has 0 fully saturated rings. The molecule has 52 valence electrons. The Morgan fingerprint density at radius 3 is 2.80 bits per heavy atom. The number of aryl methyl sites for hydroxylation is 1. The highest BCUT2D eigenvalue weighted by atomic mass is 35.5. The molecule has 0 radical (unpaired) electrons. The van der Waals surface area contributed by atoms with Crippen LogP contribution in [0.2, 0.25) is 0 Å². The minimum Gasteiger partial charge on any atom is -0.272 e. The van der Waals surface area contributed by atoms with Gasteiger partial charge in [0.25, 0.3) is 5.24 Å². The summed E-state index contributed by atoms with van der Waals surface area (Å²) in [6, 6.07) is 1.70. The Morgan fingerprint density at radius 2 is 2.40 bits per heavy atom. The van der Waals surface area contributed by atoms with Crippen LogP contribution >= 0.6 is 11.6 Å². The normalized spacial score (nSPS) is 9.40. The summed E-state index contributed by atoms with van der Waals surface area (Å²) < 4.78 is 0. The smallest absolute Gasteiger partial charge is 0.272 e. The molecule has 0 N–H and O–H groups in total. The van der Waals surface area contributed by atoms with Crippen molar-refractivity contribution in [3.05, 3.63) is 23.8 Å². The van der Waals surface area contributed by atoms with Gasteiger partial charge in [-0.2, -0.15) is 0 Å². The van der Waals surface area contributed by atoms with Gasteiger partial charge in [-0.15, -0.1) is 0 Å². The summed E-state index contributed by atoms with van der Waals surface area (Å²) >= 11 is 5.11. The van der Waals surface area contributed by atoms with Crippen LogP contribution in [0.15, 0.2) is 12.3 Å². The van der Waals surface area contributed by atoms with E-state index in [2.05, 4.69) is 9.97 Å². The highest BCUT2D eigenvalue weighted by molar-refractivity contribution is 6.67. The van der Waals surface area contributed by atoms with E-state index in [1.54, 1.807) is 13.0 Å². The standard InChI is InChI=1S/C6H5ClN2O/c1-4-2-3-8-6(9-4)5(7)10/h2-3H,1H3. The molecule has 1 aromatic heterocycles. The molecule has 4 heteroatoms. The Balaban J connectivity index is 3.07. The number of carbonyl (C=O) groups excluding carboxylic acids is 1. The average Bonchev–Trinajstić information content (AvgIpc) is 1.88. The van der Waals surface area contributed by atoms with Gasteiger partial charge in [0.05, 0.1) is 0 Å². The predicted molar refractivity (Wildman–Crippen MR) is 37.0 cm³/mol. The summed E-state index contributed by atoms with van der Waals surface area (Å²) in [5, 5.41) is -0.622. The van der Waals surface area contributed by atoms with Gasteiger partial charge in [-0.25, -0.2) is 9.97 Å². The molecule has 1 aromatic rings. The van der Waals surface area contributed by atoms with Crippen molar-refractivity contribution in [2.45, 2.75) is 6.92 Å². The van der Waals surface area contributed by atoms with E-state index in [0.717, 1.165) is 5.69 Å². The molecule has 0 amide bonds. The molecular formula is C6H5ClN2O. The van der Waals surface area contributed by atoms with E-state index >= 15 is 0 Å². The summed E-state index contributed by atoms with van der Waals surface area (Å²) in [7, 11) is 0. The molecule has 1 heterocycles. The topological polar surface area (TPSA) is 42.9 Å². The average molecular weight is 157 g/mol. The van der Waals surface area contributed by atoms with Crippen LogP contribution in [0.3, 0.4) is 0 Å². The van der Waals surface area contributed by atoms with Crippen LogP contribution < -0.4 is 0 Å². The molecule has 0 aliphatic heterocycles. The van der Waals surface area contributed by atoms with E-state index in [-0.39, 0.29) is 5.82 Å². The summed E-state index contributed by atoms with van der Waals surface area (Å²) in [6.45, 7) is 1.77. The highest BCUT2D eigenvalue weighted by Gasteiger charge is 2.02. The zero-order valence-electron chi connectivity index (χ0n) is 5.34. The second-order valence-electron chi connectivity index (χ2n) is 1.80. The molecule has 0 spiro atoms. The van der Waals surface area contributed by atoms with E-state index in [1.165, 1.54) is 6.20 Å². The van der Waals surface area contributed by atoms with E-state index < -0.39 is 5.24 Å². The third-order valence-electron chi connectivity index (χ3n) is 0.971. The number of carbonyl (C=O) groups is 1. The summed E-state index contributed by atoms with van der Waals surface area (Å²) in [4.78, 5) is 17.9. The van der Waals surface area contributed by atoms with Crippen molar-refractivity contribution in [3.63, 3.8) is 0 Å². The second kappa shape index (κ2) is 2.75. The highest BCUT2D eigenvalue weighted by Crippen LogP contribution is 1.96. The van der Waals surface area contributed by atoms with Gasteiger partial charge in [-0.1, -0.05) is 0 Å². The fraction of sp³-hybridized carbons (Fsp3) is 0.167. The molecular weight excluding hydrogens is 152 g/mol. The largest absolute Gasteiger partial charge is 0.289 e. The van der Waals surface area contributed by atoms with Crippen LogP contribution in [0.4, 0.5) is 0 Å². The van der Waals surface area contributed by atoms with Crippen molar-refractivity contribution in [2.75, 3.05) is 0 Å². The van der Waals surface area contributed by atoms with Crippen LogP contribution in [0.5, 0.6) is 0 Å². The molecule has 0 aliphatic rings. The quantitative estimate of drug-likeness (QED) is 0.573. The fourth-order valence-electron chi connectivity index (χ4n) is 0.544. The van der Waals surface area contributed by atoms with Gasteiger partial charge in [0.15, 0.2) is 0 Å². The zero-order valence-corrected chi connectivity index (χ0v) is 6.09. The second-order valence-corrected chi connectivity index (χ2v) is 2.14. The van der Waals surface area contributed by atoms with Crippen LogP contribution in [0, 0.1) is 6.92 Å². The Kier molecular flexibility index (Phi) is 1.97. The third-order valence-corrected chi connectivity index (χ3v) is 1.14. The van der Waals surface area contributed by atoms with Crippen LogP contribution in [0.25, 0.3) is 0 Å². The van der Waals surface area contributed by atoms with Gasteiger partial charge in [-0.05, 0) is 24.6 Å². The number of hydrogen-bond acceptors (Lipinski definition) is 3. The van der Waals surface area contributed by atoms with Gasteiger partial charge >= 0.3 is 0 Å². The maximum atomic E-state index is 10.4. The van der Waals surface area contributed by atoms with Gasteiger partial charge < -0.3 is 0 Å². The lowest BCUT2D eigenvalue weighted by atomic mass is 10.4. The van der Waals surface area contributed by atoms with Crippen molar-refractivity contribution < 1.29 is 4.79 Å². The van der Waals surface area contributed by atoms with Crippen LogP contribution in [0.1, 0.15) is 16.3 Å². The first-order valence-electron chi connectivity index (χ1n) is 2.69. The summed E-state index contributed by atoms with van der Waals surface area (Å²) in [6.07, 6.45) is 1.50. The van der Waals surface area contributed by atoms with Crippen molar-refractivity contribution in [1.29, 1.82) is 0 Å². The Labute approximate surface area is 63.1 Å². The Morgan fingerprint density at radius 1 is 1.70 bits per heavy atom. The number of aromatic nitrogens is 2. The molecule has 10 heavy (non-hydrogen) atoms. The first kappa shape index (κ1) is 7.15. The fourth-order valence-corrected chi connectivity index (χ4v) is 0.635. The lowest BCUT2D eigenvalue weighted by Gasteiger charge is -1.91. The maximum absolute atomic E-state index is 10.4. The lowest BCUT2D eigenvalue weighted by molar-refractivity contribution is 0.107. The minimum atomic E-state index is -0.622. The van der Waals surface area contributed by atoms with Gasteiger partial charge in [0.1, 0.15) is 0 Å². The first-order valence-corrected chi connectivity index (χ1v) is 3.07. The SMILES string of the molecule is Cc1ccnc(C(=O)Cl)n1. The summed E-state index contributed by atoms with van der Waals surface area (Å²) in [5.41, 5.74) is 0.735. The monoisotopic (exact) mass is 156 g/mol. The number of hydrogen-bond donors (Lipinski definition) is 0. The molecule has 0 atom stereocenters. The van der Waals surface area contributed by atoms with Gasteiger partial charge in [-0.3, -0.25) is 4.79 Å². The third kappa shape index (κ3) is 1.51. The molecule has 0 saturated heterocycles. The lowest BCUT2D eigenvalue weighted by Crippen LogP contribution is -1.98. The predicted octanol–water partition coefficient (Wildman–Crippen LogP) is 1.16. The van der Waals surface area contributed by atoms with E-state index in [0.29, 0.717) is 0 Å². The van der Waals surface area contributed by atoms with Crippen molar-refractivity contribution >= 4 is 16.8 Å². The first-order chi connectivity index (χ1) is 4.70. The number of rotatable bonds is 1. The van der Waals surface area contributed by atoms with Crippen LogP contribution in [-0.2, 0) is 0 Å². The van der Waals surface area contributed by atoms with E-state index in [9.17, 15) is 4.79 Å². The maximum Gasteiger partial charge on any atom is 0.289 e. The van der Waals surface area contributed by atoms with Crippen LogP contribution in [-0.4, -0.2) is 15.2 Å². The molecule has 0 bridgehead atoms. The molecule has 0 aromatic carbocycles. The van der Waals surface area contributed by atoms with E-state index in [4.69, 9.17) is 11.6 Å². The van der Waals surface area contributed by atoms with Crippen molar-refractivity contribution in [2.24, 2.45) is 0 Å².